The van der Waals surface area contributed by atoms with Gasteiger partial charge in [0.25, 0.3) is 5.56 Å². The van der Waals surface area contributed by atoms with Crippen LogP contribution in [0.5, 0.6) is 0 Å². The SMILES string of the molecule is CCOC(=O)c1cc2c(n(-c3ccccc3)c1=O)CCCC2=O. The van der Waals surface area contributed by atoms with Gasteiger partial charge >= 0.3 is 5.97 Å². The summed E-state index contributed by atoms with van der Waals surface area (Å²) < 4.78 is 6.43. The van der Waals surface area contributed by atoms with Crippen LogP contribution in [-0.2, 0) is 11.2 Å². The Morgan fingerprint density at radius 1 is 1.17 bits per heavy atom. The van der Waals surface area contributed by atoms with Crippen molar-refractivity contribution in [1.82, 2.24) is 4.57 Å². The first-order valence-electron chi connectivity index (χ1n) is 7.68. The first kappa shape index (κ1) is 15.2. The van der Waals surface area contributed by atoms with Crippen molar-refractivity contribution in [2.45, 2.75) is 26.2 Å². The van der Waals surface area contributed by atoms with E-state index < -0.39 is 11.5 Å². The number of nitrogens with zero attached hydrogens (tertiary/aromatic N) is 1. The third-order valence-electron chi connectivity index (χ3n) is 3.93. The van der Waals surface area contributed by atoms with Gasteiger partial charge in [-0.3, -0.25) is 14.2 Å². The molecule has 0 radical (unpaired) electrons. The summed E-state index contributed by atoms with van der Waals surface area (Å²) in [7, 11) is 0. The van der Waals surface area contributed by atoms with Gasteiger partial charge in [-0.15, -0.1) is 0 Å². The maximum Gasteiger partial charge on any atom is 0.343 e. The third kappa shape index (κ3) is 2.70. The molecule has 0 saturated heterocycles. The normalized spacial score (nSPS) is 13.5. The van der Waals surface area contributed by atoms with Crippen LogP contribution >= 0.6 is 0 Å². The molecule has 0 aliphatic heterocycles. The summed E-state index contributed by atoms with van der Waals surface area (Å²) in [6, 6.07) is 10.5. The topological polar surface area (TPSA) is 65.4 Å². The third-order valence-corrected chi connectivity index (χ3v) is 3.93. The van der Waals surface area contributed by atoms with E-state index >= 15 is 0 Å². The molecule has 1 aromatic carbocycles. The molecule has 1 heterocycles. The van der Waals surface area contributed by atoms with Crippen LogP contribution in [0.3, 0.4) is 0 Å². The zero-order valence-corrected chi connectivity index (χ0v) is 12.9. The van der Waals surface area contributed by atoms with Gasteiger partial charge in [0.05, 0.1) is 6.61 Å². The monoisotopic (exact) mass is 311 g/mol. The van der Waals surface area contributed by atoms with Gasteiger partial charge in [-0.2, -0.15) is 0 Å². The molecule has 3 rings (SSSR count). The quantitative estimate of drug-likeness (QED) is 0.817. The lowest BCUT2D eigenvalue weighted by atomic mass is 9.93. The number of para-hydroxylation sites is 1. The molecular weight excluding hydrogens is 294 g/mol. The Morgan fingerprint density at radius 3 is 2.61 bits per heavy atom. The number of ketones is 1. The number of hydrogen-bond acceptors (Lipinski definition) is 4. The maximum absolute atomic E-state index is 12.8. The molecule has 0 spiro atoms. The Hall–Kier alpha value is -2.69. The van der Waals surface area contributed by atoms with E-state index in [2.05, 4.69) is 0 Å². The number of fused-ring (bicyclic) bond motifs is 1. The van der Waals surface area contributed by atoms with Crippen LogP contribution in [0.15, 0.2) is 41.2 Å². The predicted molar refractivity (Wildman–Crippen MR) is 85.3 cm³/mol. The highest BCUT2D eigenvalue weighted by Gasteiger charge is 2.26. The second-order valence-electron chi connectivity index (χ2n) is 5.39. The Labute approximate surface area is 133 Å². The molecule has 1 aromatic heterocycles. The van der Waals surface area contributed by atoms with Crippen molar-refractivity contribution in [3.05, 3.63) is 63.6 Å². The molecule has 0 saturated carbocycles. The van der Waals surface area contributed by atoms with Crippen LogP contribution in [0, 0.1) is 0 Å². The average molecular weight is 311 g/mol. The lowest BCUT2D eigenvalue weighted by Gasteiger charge is -2.21. The first-order chi connectivity index (χ1) is 11.1. The van der Waals surface area contributed by atoms with E-state index in [1.54, 1.807) is 19.1 Å². The summed E-state index contributed by atoms with van der Waals surface area (Å²) in [5.74, 6) is -0.732. The molecule has 5 nitrogen and oxygen atoms in total. The van der Waals surface area contributed by atoms with Gasteiger partial charge in [0, 0.05) is 23.4 Å². The Morgan fingerprint density at radius 2 is 1.91 bits per heavy atom. The summed E-state index contributed by atoms with van der Waals surface area (Å²) in [6.45, 7) is 1.85. The summed E-state index contributed by atoms with van der Waals surface area (Å²) in [4.78, 5) is 37.2. The minimum Gasteiger partial charge on any atom is -0.462 e. The van der Waals surface area contributed by atoms with Gasteiger partial charge in [-0.1, -0.05) is 18.2 Å². The van der Waals surface area contributed by atoms with E-state index in [4.69, 9.17) is 4.74 Å². The molecule has 1 aliphatic carbocycles. The van der Waals surface area contributed by atoms with E-state index in [1.165, 1.54) is 10.6 Å². The van der Waals surface area contributed by atoms with E-state index in [-0.39, 0.29) is 18.0 Å². The van der Waals surface area contributed by atoms with Crippen LogP contribution in [0.2, 0.25) is 0 Å². The number of benzene rings is 1. The van der Waals surface area contributed by atoms with Crippen LogP contribution < -0.4 is 5.56 Å². The molecule has 23 heavy (non-hydrogen) atoms. The molecule has 0 bridgehead atoms. The number of carbonyl (C=O) groups excluding carboxylic acids is 2. The molecule has 2 aromatic rings. The van der Waals surface area contributed by atoms with E-state index in [9.17, 15) is 14.4 Å². The number of hydrogen-bond donors (Lipinski definition) is 0. The van der Waals surface area contributed by atoms with E-state index in [0.29, 0.717) is 36.2 Å². The highest BCUT2D eigenvalue weighted by atomic mass is 16.5. The molecule has 0 amide bonds. The van der Waals surface area contributed by atoms with Crippen LogP contribution in [0.1, 0.15) is 46.2 Å². The summed E-state index contributed by atoms with van der Waals surface area (Å²) in [6.07, 6.45) is 1.77. The standard InChI is InChI=1S/C18H17NO4/c1-2-23-18(22)14-11-13-15(9-6-10-16(13)20)19(17(14)21)12-7-4-3-5-8-12/h3-5,7-8,11H,2,6,9-10H2,1H3. The number of ether oxygens (including phenoxy) is 1. The molecular formula is C18H17NO4. The second-order valence-corrected chi connectivity index (χ2v) is 5.39. The van der Waals surface area contributed by atoms with Gasteiger partial charge in [0.15, 0.2) is 5.78 Å². The maximum atomic E-state index is 12.8. The Balaban J connectivity index is 2.30. The second kappa shape index (κ2) is 6.20. The molecule has 118 valence electrons. The number of Topliss-reactive ketones (excluding diaryl/α,β-unsaturated/α-hetero) is 1. The zero-order valence-electron chi connectivity index (χ0n) is 12.9. The Kier molecular flexibility index (Phi) is 4.10. The van der Waals surface area contributed by atoms with Gasteiger partial charge < -0.3 is 4.74 Å². The van der Waals surface area contributed by atoms with Gasteiger partial charge in [0.2, 0.25) is 0 Å². The van der Waals surface area contributed by atoms with Gasteiger partial charge in [-0.25, -0.2) is 4.79 Å². The van der Waals surface area contributed by atoms with Gasteiger partial charge in [0.1, 0.15) is 5.56 Å². The molecule has 5 heteroatoms. The van der Waals surface area contributed by atoms with E-state index in [1.807, 2.05) is 18.2 Å². The first-order valence-corrected chi connectivity index (χ1v) is 7.68. The molecule has 0 fully saturated rings. The summed E-state index contributed by atoms with van der Waals surface area (Å²) in [5, 5.41) is 0. The largest absolute Gasteiger partial charge is 0.462 e. The fourth-order valence-electron chi connectivity index (χ4n) is 2.90. The van der Waals surface area contributed by atoms with Crippen LogP contribution in [0.25, 0.3) is 5.69 Å². The molecule has 0 N–H and O–H groups in total. The van der Waals surface area contributed by atoms with Crippen molar-refractivity contribution in [2.24, 2.45) is 0 Å². The van der Waals surface area contributed by atoms with E-state index in [0.717, 1.165) is 0 Å². The van der Waals surface area contributed by atoms with Crippen molar-refractivity contribution in [3.63, 3.8) is 0 Å². The van der Waals surface area contributed by atoms with Crippen molar-refractivity contribution in [2.75, 3.05) is 6.61 Å². The number of aromatic nitrogens is 1. The minimum absolute atomic E-state index is 0.0403. The lowest BCUT2D eigenvalue weighted by molar-refractivity contribution is 0.0524. The van der Waals surface area contributed by atoms with Crippen molar-refractivity contribution >= 4 is 11.8 Å². The summed E-state index contributed by atoms with van der Waals surface area (Å²) in [5.41, 5.74) is 1.23. The van der Waals surface area contributed by atoms with Crippen molar-refractivity contribution < 1.29 is 14.3 Å². The fourth-order valence-corrected chi connectivity index (χ4v) is 2.90. The fraction of sp³-hybridized carbons (Fsp3) is 0.278. The number of esters is 1. The number of carbonyl (C=O) groups is 2. The zero-order chi connectivity index (χ0) is 16.4. The summed E-state index contributed by atoms with van der Waals surface area (Å²) >= 11 is 0. The highest BCUT2D eigenvalue weighted by Crippen LogP contribution is 2.23. The lowest BCUT2D eigenvalue weighted by Crippen LogP contribution is -2.32. The predicted octanol–water partition coefficient (Wildman–Crippen LogP) is 2.53. The molecule has 0 unspecified atom stereocenters. The molecule has 0 atom stereocenters. The Bertz CT molecular complexity index is 821. The molecule has 1 aliphatic rings. The number of rotatable bonds is 3. The van der Waals surface area contributed by atoms with Crippen LogP contribution in [0.4, 0.5) is 0 Å². The van der Waals surface area contributed by atoms with Crippen molar-refractivity contribution in [3.8, 4) is 5.69 Å². The van der Waals surface area contributed by atoms with Gasteiger partial charge in [-0.05, 0) is 38.0 Å². The highest BCUT2D eigenvalue weighted by molar-refractivity contribution is 6.00. The minimum atomic E-state index is -0.691. The smallest absolute Gasteiger partial charge is 0.343 e. The van der Waals surface area contributed by atoms with Crippen LogP contribution in [-0.4, -0.2) is 22.9 Å². The average Bonchev–Trinajstić information content (AvgIpc) is 2.55. The number of pyridine rings is 1. The van der Waals surface area contributed by atoms with Crippen molar-refractivity contribution in [1.29, 1.82) is 0 Å².